The van der Waals surface area contributed by atoms with Crippen LogP contribution in [-0.4, -0.2) is 24.1 Å². The number of phenolic OH excluding ortho intramolecular Hbond substituents is 1. The molecule has 21 heavy (non-hydrogen) atoms. The standard InChI is InChI=1S/C14H14N2O4S/c1-7-6-21-12(14(19)20-2)10(7)16-13(18)8-4-3-5-9(15)11(8)17/h3-6,17H,15H2,1-2H3,(H,16,18). The monoisotopic (exact) mass is 306 g/mol. The van der Waals surface area contributed by atoms with Crippen LogP contribution in [0.1, 0.15) is 25.6 Å². The summed E-state index contributed by atoms with van der Waals surface area (Å²) in [5.74, 6) is -1.37. The van der Waals surface area contributed by atoms with Gasteiger partial charge in [0.2, 0.25) is 0 Å². The zero-order chi connectivity index (χ0) is 15.6. The number of esters is 1. The summed E-state index contributed by atoms with van der Waals surface area (Å²) < 4.78 is 4.67. The molecule has 0 radical (unpaired) electrons. The molecular weight excluding hydrogens is 292 g/mol. The molecule has 0 unspecified atom stereocenters. The summed E-state index contributed by atoms with van der Waals surface area (Å²) in [5, 5.41) is 14.2. The number of anilines is 2. The molecule has 0 bridgehead atoms. The van der Waals surface area contributed by atoms with Gasteiger partial charge in [-0.2, -0.15) is 0 Å². The number of aryl methyl sites for hydroxylation is 1. The molecule has 0 aliphatic rings. The molecule has 0 saturated carbocycles. The van der Waals surface area contributed by atoms with Crippen LogP contribution in [0.2, 0.25) is 0 Å². The second-order valence-electron chi connectivity index (χ2n) is 4.31. The number of phenols is 1. The number of para-hydroxylation sites is 1. The number of benzene rings is 1. The van der Waals surface area contributed by atoms with Gasteiger partial charge >= 0.3 is 5.97 Å². The zero-order valence-corrected chi connectivity index (χ0v) is 12.3. The molecule has 2 rings (SSSR count). The molecule has 110 valence electrons. The molecule has 6 nitrogen and oxygen atoms in total. The fourth-order valence-electron chi connectivity index (χ4n) is 1.77. The Morgan fingerprint density at radius 1 is 1.38 bits per heavy atom. The summed E-state index contributed by atoms with van der Waals surface area (Å²) in [4.78, 5) is 24.2. The number of aromatic hydroxyl groups is 1. The number of amides is 1. The number of methoxy groups -OCH3 is 1. The summed E-state index contributed by atoms with van der Waals surface area (Å²) in [6.07, 6.45) is 0. The highest BCUT2D eigenvalue weighted by Crippen LogP contribution is 2.30. The second-order valence-corrected chi connectivity index (χ2v) is 5.19. The van der Waals surface area contributed by atoms with Crippen LogP contribution in [0.25, 0.3) is 0 Å². The van der Waals surface area contributed by atoms with Crippen LogP contribution in [-0.2, 0) is 4.74 Å². The minimum atomic E-state index is -0.550. The van der Waals surface area contributed by atoms with E-state index in [4.69, 9.17) is 5.73 Å². The lowest BCUT2D eigenvalue weighted by Gasteiger charge is -2.09. The Labute approximate surface area is 125 Å². The van der Waals surface area contributed by atoms with E-state index in [9.17, 15) is 14.7 Å². The van der Waals surface area contributed by atoms with Crippen molar-refractivity contribution >= 4 is 34.6 Å². The number of hydrogen-bond acceptors (Lipinski definition) is 6. The summed E-state index contributed by atoms with van der Waals surface area (Å²) in [5.41, 5.74) is 6.81. The smallest absolute Gasteiger partial charge is 0.350 e. The van der Waals surface area contributed by atoms with Gasteiger partial charge in [-0.25, -0.2) is 4.79 Å². The molecule has 0 atom stereocenters. The summed E-state index contributed by atoms with van der Waals surface area (Å²) in [6, 6.07) is 4.49. The number of thiophene rings is 1. The van der Waals surface area contributed by atoms with E-state index in [1.807, 2.05) is 0 Å². The third-order valence-electron chi connectivity index (χ3n) is 2.90. The number of hydrogen-bond donors (Lipinski definition) is 3. The summed E-state index contributed by atoms with van der Waals surface area (Å²) in [6.45, 7) is 1.76. The lowest BCUT2D eigenvalue weighted by molar-refractivity contribution is 0.0607. The Balaban J connectivity index is 2.34. The van der Waals surface area contributed by atoms with Crippen LogP contribution in [0.4, 0.5) is 11.4 Å². The van der Waals surface area contributed by atoms with Gasteiger partial charge in [0.25, 0.3) is 5.91 Å². The van der Waals surface area contributed by atoms with E-state index < -0.39 is 11.9 Å². The normalized spacial score (nSPS) is 10.2. The molecule has 0 saturated heterocycles. The number of nitrogens with one attached hydrogen (secondary N) is 1. The maximum Gasteiger partial charge on any atom is 0.350 e. The van der Waals surface area contributed by atoms with Crippen LogP contribution in [0, 0.1) is 6.92 Å². The third-order valence-corrected chi connectivity index (χ3v) is 3.97. The van der Waals surface area contributed by atoms with E-state index >= 15 is 0 Å². The maximum atomic E-state index is 12.2. The molecule has 4 N–H and O–H groups in total. The largest absolute Gasteiger partial charge is 0.505 e. The van der Waals surface area contributed by atoms with Crippen molar-refractivity contribution in [1.29, 1.82) is 0 Å². The SMILES string of the molecule is COC(=O)c1scc(C)c1NC(=O)c1cccc(N)c1O. The van der Waals surface area contributed by atoms with Crippen LogP contribution < -0.4 is 11.1 Å². The van der Waals surface area contributed by atoms with Crippen molar-refractivity contribution in [3.63, 3.8) is 0 Å². The second kappa shape index (κ2) is 5.84. The molecule has 1 aromatic heterocycles. The van der Waals surface area contributed by atoms with Gasteiger partial charge < -0.3 is 20.9 Å². The molecule has 1 heterocycles. The first-order valence-electron chi connectivity index (χ1n) is 6.01. The van der Waals surface area contributed by atoms with Gasteiger partial charge in [0.15, 0.2) is 5.75 Å². The van der Waals surface area contributed by atoms with Crippen LogP contribution in [0.15, 0.2) is 23.6 Å². The zero-order valence-electron chi connectivity index (χ0n) is 11.5. The molecule has 7 heteroatoms. The quantitative estimate of drug-likeness (QED) is 0.459. The van der Waals surface area contributed by atoms with Crippen molar-refractivity contribution in [2.24, 2.45) is 0 Å². The van der Waals surface area contributed by atoms with Gasteiger partial charge in [-0.15, -0.1) is 11.3 Å². The van der Waals surface area contributed by atoms with E-state index in [0.29, 0.717) is 10.6 Å². The number of nitrogens with two attached hydrogens (primary N) is 1. The maximum absolute atomic E-state index is 12.2. The summed E-state index contributed by atoms with van der Waals surface area (Å²) >= 11 is 1.18. The van der Waals surface area contributed by atoms with Gasteiger partial charge in [0.05, 0.1) is 24.0 Å². The number of ether oxygens (including phenoxy) is 1. The lowest BCUT2D eigenvalue weighted by atomic mass is 10.1. The van der Waals surface area contributed by atoms with Crippen molar-refractivity contribution in [2.45, 2.75) is 6.92 Å². The van der Waals surface area contributed by atoms with E-state index in [-0.39, 0.29) is 17.0 Å². The van der Waals surface area contributed by atoms with Crippen molar-refractivity contribution < 1.29 is 19.4 Å². The van der Waals surface area contributed by atoms with E-state index in [1.54, 1.807) is 18.4 Å². The third kappa shape index (κ3) is 2.82. The number of carbonyl (C=O) groups excluding carboxylic acids is 2. The first-order chi connectivity index (χ1) is 9.95. The molecule has 2 aromatic rings. The number of rotatable bonds is 3. The number of carbonyl (C=O) groups is 2. The predicted molar refractivity (Wildman–Crippen MR) is 80.9 cm³/mol. The van der Waals surface area contributed by atoms with Crippen LogP contribution in [0.5, 0.6) is 5.75 Å². The van der Waals surface area contributed by atoms with Gasteiger partial charge in [0, 0.05) is 0 Å². The highest BCUT2D eigenvalue weighted by molar-refractivity contribution is 7.12. The Morgan fingerprint density at radius 3 is 2.76 bits per heavy atom. The van der Waals surface area contributed by atoms with Crippen molar-refractivity contribution in [1.82, 2.24) is 0 Å². The fourth-order valence-corrected chi connectivity index (χ4v) is 2.69. The summed E-state index contributed by atoms with van der Waals surface area (Å²) in [7, 11) is 1.27. The van der Waals surface area contributed by atoms with Crippen molar-refractivity contribution in [2.75, 3.05) is 18.2 Å². The molecule has 0 aliphatic carbocycles. The van der Waals surface area contributed by atoms with Gasteiger partial charge in [-0.05, 0) is 30.0 Å². The Kier molecular flexibility index (Phi) is 4.13. The fraction of sp³-hybridized carbons (Fsp3) is 0.143. The Bertz CT molecular complexity index is 709. The Morgan fingerprint density at radius 2 is 2.10 bits per heavy atom. The van der Waals surface area contributed by atoms with E-state index in [2.05, 4.69) is 10.1 Å². The van der Waals surface area contributed by atoms with Crippen LogP contribution >= 0.6 is 11.3 Å². The predicted octanol–water partition coefficient (Wildman–Crippen LogP) is 2.38. The molecule has 0 fully saturated rings. The highest BCUT2D eigenvalue weighted by Gasteiger charge is 2.20. The minimum absolute atomic E-state index is 0.0383. The average Bonchev–Trinajstić information content (AvgIpc) is 2.82. The van der Waals surface area contributed by atoms with Gasteiger partial charge in [-0.1, -0.05) is 6.07 Å². The van der Waals surface area contributed by atoms with Gasteiger partial charge in [-0.3, -0.25) is 4.79 Å². The van der Waals surface area contributed by atoms with Crippen LogP contribution in [0.3, 0.4) is 0 Å². The lowest BCUT2D eigenvalue weighted by Crippen LogP contribution is -2.15. The average molecular weight is 306 g/mol. The van der Waals surface area contributed by atoms with Gasteiger partial charge in [0.1, 0.15) is 4.88 Å². The van der Waals surface area contributed by atoms with E-state index in [0.717, 1.165) is 5.56 Å². The molecule has 1 amide bonds. The molecule has 0 aliphatic heterocycles. The molecule has 0 spiro atoms. The van der Waals surface area contributed by atoms with Crippen molar-refractivity contribution in [3.8, 4) is 5.75 Å². The van der Waals surface area contributed by atoms with Crippen molar-refractivity contribution in [3.05, 3.63) is 39.6 Å². The number of nitrogen functional groups attached to an aromatic ring is 1. The van der Waals surface area contributed by atoms with E-state index in [1.165, 1.54) is 30.6 Å². The Hall–Kier alpha value is -2.54. The highest BCUT2D eigenvalue weighted by atomic mass is 32.1. The topological polar surface area (TPSA) is 102 Å². The molecule has 1 aromatic carbocycles. The molecular formula is C14H14N2O4S. The minimum Gasteiger partial charge on any atom is -0.505 e. The first-order valence-corrected chi connectivity index (χ1v) is 6.89. The first kappa shape index (κ1) is 14.9.